The molecule has 7 heteroatoms. The smallest absolute Gasteiger partial charge is 0.243 e. The van der Waals surface area contributed by atoms with Gasteiger partial charge >= 0.3 is 0 Å². The second-order valence-corrected chi connectivity index (χ2v) is 7.61. The Morgan fingerprint density at radius 2 is 1.45 bits per heavy atom. The van der Waals surface area contributed by atoms with Crippen LogP contribution in [0.25, 0.3) is 0 Å². The number of aryl methyl sites for hydroxylation is 4. The fourth-order valence-electron chi connectivity index (χ4n) is 3.58. The van der Waals surface area contributed by atoms with Crippen molar-refractivity contribution in [3.8, 4) is 17.2 Å². The molecular formula is C24H32N2O5. The van der Waals surface area contributed by atoms with E-state index >= 15 is 0 Å². The summed E-state index contributed by atoms with van der Waals surface area (Å²) >= 11 is 0. The van der Waals surface area contributed by atoms with Crippen molar-refractivity contribution >= 4 is 17.5 Å². The number of anilines is 1. The molecule has 0 saturated carbocycles. The van der Waals surface area contributed by atoms with E-state index in [0.717, 1.165) is 27.9 Å². The molecule has 0 aliphatic rings. The van der Waals surface area contributed by atoms with Crippen LogP contribution in [0.5, 0.6) is 17.2 Å². The standard InChI is InChI=1S/C24H32N2O5/c1-15-10-16(2)23(17(3)11-15)25-21(27)14-26(4)22(28)9-8-18-12-19(29-5)24(31-7)20(13-18)30-6/h10-13H,8-9,14H2,1-7H3,(H,25,27). The van der Waals surface area contributed by atoms with E-state index in [0.29, 0.717) is 23.7 Å². The highest BCUT2D eigenvalue weighted by Gasteiger charge is 2.17. The van der Waals surface area contributed by atoms with Gasteiger partial charge in [0.2, 0.25) is 17.6 Å². The molecule has 0 saturated heterocycles. The lowest BCUT2D eigenvalue weighted by Gasteiger charge is -2.19. The molecule has 2 amide bonds. The summed E-state index contributed by atoms with van der Waals surface area (Å²) in [5.41, 5.74) is 4.83. The predicted octanol–water partition coefficient (Wildman–Crippen LogP) is 3.67. The molecule has 168 valence electrons. The van der Waals surface area contributed by atoms with E-state index < -0.39 is 0 Å². The third kappa shape index (κ3) is 6.13. The number of nitrogens with zero attached hydrogens (tertiary/aromatic N) is 1. The highest BCUT2D eigenvalue weighted by atomic mass is 16.5. The first-order chi connectivity index (χ1) is 14.7. The molecular weight excluding hydrogens is 396 g/mol. The maximum Gasteiger partial charge on any atom is 0.243 e. The number of rotatable bonds is 9. The van der Waals surface area contributed by atoms with Gasteiger partial charge in [-0.05, 0) is 56.0 Å². The van der Waals surface area contributed by atoms with E-state index in [-0.39, 0.29) is 24.8 Å². The molecule has 0 unspecified atom stereocenters. The first-order valence-electron chi connectivity index (χ1n) is 10.1. The zero-order valence-electron chi connectivity index (χ0n) is 19.4. The van der Waals surface area contributed by atoms with Crippen molar-refractivity contribution in [2.75, 3.05) is 40.2 Å². The number of likely N-dealkylation sites (N-methyl/N-ethyl adjacent to an activating group) is 1. The molecule has 0 aromatic heterocycles. The molecule has 0 spiro atoms. The normalized spacial score (nSPS) is 10.4. The van der Waals surface area contributed by atoms with Crippen LogP contribution in [0.3, 0.4) is 0 Å². The summed E-state index contributed by atoms with van der Waals surface area (Å²) in [6, 6.07) is 7.69. The molecule has 0 aliphatic heterocycles. The number of hydrogen-bond acceptors (Lipinski definition) is 5. The van der Waals surface area contributed by atoms with E-state index in [1.807, 2.05) is 45.0 Å². The highest BCUT2D eigenvalue weighted by Crippen LogP contribution is 2.38. The van der Waals surface area contributed by atoms with Gasteiger partial charge < -0.3 is 24.4 Å². The third-order valence-electron chi connectivity index (χ3n) is 5.10. The minimum atomic E-state index is -0.223. The summed E-state index contributed by atoms with van der Waals surface area (Å²) in [4.78, 5) is 26.5. The Kier molecular flexibility index (Phi) is 8.30. The lowest BCUT2D eigenvalue weighted by Crippen LogP contribution is -2.35. The van der Waals surface area contributed by atoms with Crippen molar-refractivity contribution in [3.05, 3.63) is 46.5 Å². The van der Waals surface area contributed by atoms with Gasteiger partial charge in [0.05, 0.1) is 27.9 Å². The zero-order valence-corrected chi connectivity index (χ0v) is 19.4. The summed E-state index contributed by atoms with van der Waals surface area (Å²) in [5.74, 6) is 1.25. The Hall–Kier alpha value is -3.22. The number of benzene rings is 2. The maximum atomic E-state index is 12.6. The fourth-order valence-corrected chi connectivity index (χ4v) is 3.58. The van der Waals surface area contributed by atoms with Crippen molar-refractivity contribution in [1.29, 1.82) is 0 Å². The van der Waals surface area contributed by atoms with Crippen molar-refractivity contribution < 1.29 is 23.8 Å². The van der Waals surface area contributed by atoms with Gasteiger partial charge in [-0.2, -0.15) is 0 Å². The number of hydrogen-bond donors (Lipinski definition) is 1. The van der Waals surface area contributed by atoms with Gasteiger partial charge in [-0.1, -0.05) is 17.7 Å². The van der Waals surface area contributed by atoms with Gasteiger partial charge in [0.1, 0.15) is 0 Å². The number of amides is 2. The Morgan fingerprint density at radius 1 is 0.903 bits per heavy atom. The molecule has 0 aliphatic carbocycles. The lowest BCUT2D eigenvalue weighted by molar-refractivity contribution is -0.133. The van der Waals surface area contributed by atoms with Crippen molar-refractivity contribution in [2.45, 2.75) is 33.6 Å². The van der Waals surface area contributed by atoms with E-state index in [9.17, 15) is 9.59 Å². The summed E-state index contributed by atoms with van der Waals surface area (Å²) in [6.45, 7) is 5.93. The molecule has 0 radical (unpaired) electrons. The number of methoxy groups -OCH3 is 3. The molecule has 0 atom stereocenters. The zero-order chi connectivity index (χ0) is 23.1. The lowest BCUT2D eigenvalue weighted by atomic mass is 10.1. The average molecular weight is 429 g/mol. The van der Waals surface area contributed by atoms with Crippen LogP contribution < -0.4 is 19.5 Å². The van der Waals surface area contributed by atoms with E-state index in [2.05, 4.69) is 5.32 Å². The van der Waals surface area contributed by atoms with E-state index in [4.69, 9.17) is 14.2 Å². The minimum Gasteiger partial charge on any atom is -0.493 e. The van der Waals surface area contributed by atoms with Crippen LogP contribution >= 0.6 is 0 Å². The Labute approximate surface area is 184 Å². The fraction of sp³-hybridized carbons (Fsp3) is 0.417. The van der Waals surface area contributed by atoms with Gasteiger partial charge in [-0.25, -0.2) is 0 Å². The number of carbonyl (C=O) groups is 2. The van der Waals surface area contributed by atoms with Crippen LogP contribution in [0.15, 0.2) is 24.3 Å². The van der Waals surface area contributed by atoms with Crippen LogP contribution in [0.4, 0.5) is 5.69 Å². The summed E-state index contributed by atoms with van der Waals surface area (Å²) in [7, 11) is 6.28. The summed E-state index contributed by atoms with van der Waals surface area (Å²) in [5, 5.41) is 2.93. The first kappa shape index (κ1) is 24.1. The van der Waals surface area contributed by atoms with Gasteiger partial charge in [-0.3, -0.25) is 9.59 Å². The Morgan fingerprint density at radius 3 is 1.94 bits per heavy atom. The molecule has 0 fully saturated rings. The van der Waals surface area contributed by atoms with Crippen molar-refractivity contribution in [2.24, 2.45) is 0 Å². The minimum absolute atomic E-state index is 0.0131. The average Bonchev–Trinajstić information content (AvgIpc) is 2.73. The Bertz CT molecular complexity index is 907. The van der Waals surface area contributed by atoms with Crippen LogP contribution in [0.2, 0.25) is 0 Å². The van der Waals surface area contributed by atoms with Crippen molar-refractivity contribution in [1.82, 2.24) is 4.90 Å². The molecule has 2 aromatic rings. The molecule has 1 N–H and O–H groups in total. The predicted molar refractivity (Wildman–Crippen MR) is 121 cm³/mol. The molecule has 0 bridgehead atoms. The van der Waals surface area contributed by atoms with E-state index in [1.54, 1.807) is 28.4 Å². The molecule has 0 heterocycles. The summed E-state index contributed by atoms with van der Waals surface area (Å²) < 4.78 is 16.0. The SMILES string of the molecule is COc1cc(CCC(=O)N(C)CC(=O)Nc2c(C)cc(C)cc2C)cc(OC)c1OC. The van der Waals surface area contributed by atoms with Crippen molar-refractivity contribution in [3.63, 3.8) is 0 Å². The first-order valence-corrected chi connectivity index (χ1v) is 10.1. The Balaban J connectivity index is 1.98. The number of ether oxygens (including phenoxy) is 3. The molecule has 2 aromatic carbocycles. The third-order valence-corrected chi connectivity index (χ3v) is 5.10. The largest absolute Gasteiger partial charge is 0.493 e. The topological polar surface area (TPSA) is 77.1 Å². The van der Waals surface area contributed by atoms with Gasteiger partial charge in [0, 0.05) is 19.2 Å². The quantitative estimate of drug-likeness (QED) is 0.660. The number of carbonyl (C=O) groups excluding carboxylic acids is 2. The second kappa shape index (κ2) is 10.7. The van der Waals surface area contributed by atoms with Gasteiger partial charge in [0.25, 0.3) is 0 Å². The van der Waals surface area contributed by atoms with Crippen LogP contribution in [0.1, 0.15) is 28.7 Å². The van der Waals surface area contributed by atoms with Gasteiger partial charge in [-0.15, -0.1) is 0 Å². The van der Waals surface area contributed by atoms with Crippen LogP contribution in [-0.4, -0.2) is 51.6 Å². The second-order valence-electron chi connectivity index (χ2n) is 7.61. The maximum absolute atomic E-state index is 12.6. The highest BCUT2D eigenvalue weighted by molar-refractivity contribution is 5.95. The molecule has 31 heavy (non-hydrogen) atoms. The summed E-state index contributed by atoms with van der Waals surface area (Å²) in [6.07, 6.45) is 0.739. The molecule has 7 nitrogen and oxygen atoms in total. The monoisotopic (exact) mass is 428 g/mol. The molecule has 2 rings (SSSR count). The van der Waals surface area contributed by atoms with Gasteiger partial charge in [0.15, 0.2) is 11.5 Å². The number of nitrogens with one attached hydrogen (secondary N) is 1. The van der Waals surface area contributed by atoms with E-state index in [1.165, 1.54) is 4.90 Å². The van der Waals surface area contributed by atoms with Crippen LogP contribution in [-0.2, 0) is 16.0 Å². The van der Waals surface area contributed by atoms with Crippen LogP contribution in [0, 0.1) is 20.8 Å².